The van der Waals surface area contributed by atoms with Crippen LogP contribution in [0, 0.1) is 0 Å². The Morgan fingerprint density at radius 3 is 2.04 bits per heavy atom. The quantitative estimate of drug-likeness (QED) is 0.250. The first-order valence-electron chi connectivity index (χ1n) is 9.06. The van der Waals surface area contributed by atoms with Gasteiger partial charge in [-0.1, -0.05) is 48.5 Å². The van der Waals surface area contributed by atoms with Crippen LogP contribution in [0.1, 0.15) is 15.9 Å². The van der Waals surface area contributed by atoms with Crippen molar-refractivity contribution >= 4 is 33.4 Å². The molecule has 3 heteroatoms. The first-order chi connectivity index (χ1) is 13.7. The van der Waals surface area contributed by atoms with Crippen molar-refractivity contribution in [2.45, 2.75) is 0 Å². The van der Waals surface area contributed by atoms with Crippen molar-refractivity contribution in [3.63, 3.8) is 0 Å². The van der Waals surface area contributed by atoms with Gasteiger partial charge in [-0.15, -0.1) is 0 Å². The first kappa shape index (κ1) is 17.8. The fraction of sp³-hybridized carbons (Fsp3) is 0.0800. The smallest absolute Gasteiger partial charge is 0.189 e. The van der Waals surface area contributed by atoms with Gasteiger partial charge in [-0.3, -0.25) is 4.79 Å². The lowest BCUT2D eigenvalue weighted by Crippen LogP contribution is -1.99. The molecule has 0 aliphatic rings. The van der Waals surface area contributed by atoms with E-state index in [-0.39, 0.29) is 5.78 Å². The lowest BCUT2D eigenvalue weighted by atomic mass is 9.96. The highest BCUT2D eigenvalue weighted by molar-refractivity contribution is 6.12. The van der Waals surface area contributed by atoms with E-state index in [0.717, 1.165) is 27.1 Å². The maximum atomic E-state index is 12.9. The molecule has 0 atom stereocenters. The molecule has 0 saturated heterocycles. The van der Waals surface area contributed by atoms with E-state index >= 15 is 0 Å². The molecule has 0 spiro atoms. The van der Waals surface area contributed by atoms with Gasteiger partial charge in [-0.25, -0.2) is 0 Å². The Balaban J connectivity index is 1.81. The highest BCUT2D eigenvalue weighted by atomic mass is 16.5. The summed E-state index contributed by atoms with van der Waals surface area (Å²) in [6.07, 6.45) is 3.51. The standard InChI is InChI=1S/C25H20O3/c1-27-19-11-12-23(25(16-19)28-2)24(26)14-13-22-20-9-5-3-7-17(20)15-18-8-4-6-10-21(18)22/h3-16H,1-2H3/b14-13-. The minimum atomic E-state index is -0.114. The summed E-state index contributed by atoms with van der Waals surface area (Å²) in [6.45, 7) is 0. The largest absolute Gasteiger partial charge is 0.497 e. The number of hydrogen-bond acceptors (Lipinski definition) is 3. The summed E-state index contributed by atoms with van der Waals surface area (Å²) >= 11 is 0. The topological polar surface area (TPSA) is 35.5 Å². The number of allylic oxidation sites excluding steroid dienone is 1. The van der Waals surface area contributed by atoms with Crippen molar-refractivity contribution < 1.29 is 14.3 Å². The average Bonchev–Trinajstić information content (AvgIpc) is 2.75. The van der Waals surface area contributed by atoms with E-state index < -0.39 is 0 Å². The molecule has 28 heavy (non-hydrogen) atoms. The molecule has 0 fully saturated rings. The van der Waals surface area contributed by atoms with Crippen LogP contribution in [0.4, 0.5) is 0 Å². The number of ether oxygens (including phenoxy) is 2. The van der Waals surface area contributed by atoms with Crippen molar-refractivity contribution in [3.05, 3.63) is 90.0 Å². The first-order valence-corrected chi connectivity index (χ1v) is 9.06. The summed E-state index contributed by atoms with van der Waals surface area (Å²) in [5.41, 5.74) is 1.54. The van der Waals surface area contributed by atoms with E-state index in [1.54, 1.807) is 38.5 Å². The Hall–Kier alpha value is -3.59. The summed E-state index contributed by atoms with van der Waals surface area (Å²) in [7, 11) is 3.13. The summed E-state index contributed by atoms with van der Waals surface area (Å²) in [5, 5.41) is 4.53. The van der Waals surface area contributed by atoms with Crippen LogP contribution in [0.15, 0.2) is 78.9 Å². The molecule has 0 aromatic heterocycles. The molecule has 0 aliphatic heterocycles. The molecule has 3 nitrogen and oxygen atoms in total. The lowest BCUT2D eigenvalue weighted by molar-refractivity contribution is 0.104. The van der Waals surface area contributed by atoms with Crippen LogP contribution in [0.3, 0.4) is 0 Å². The van der Waals surface area contributed by atoms with Crippen molar-refractivity contribution in [2.24, 2.45) is 0 Å². The predicted molar refractivity (Wildman–Crippen MR) is 114 cm³/mol. The number of carbonyl (C=O) groups is 1. The van der Waals surface area contributed by atoms with Gasteiger partial charge in [0.2, 0.25) is 0 Å². The molecule has 4 rings (SSSR count). The van der Waals surface area contributed by atoms with Crippen LogP contribution in [0.25, 0.3) is 27.6 Å². The van der Waals surface area contributed by atoms with Crippen LogP contribution in [0.5, 0.6) is 11.5 Å². The molecule has 0 radical (unpaired) electrons. The minimum Gasteiger partial charge on any atom is -0.497 e. The van der Waals surface area contributed by atoms with Crippen molar-refractivity contribution in [2.75, 3.05) is 14.2 Å². The molecule has 0 bridgehead atoms. The Morgan fingerprint density at radius 1 is 0.786 bits per heavy atom. The molecule has 0 aliphatic carbocycles. The van der Waals surface area contributed by atoms with Gasteiger partial charge in [-0.2, -0.15) is 0 Å². The summed E-state index contributed by atoms with van der Waals surface area (Å²) in [5.74, 6) is 1.03. The van der Waals surface area contributed by atoms with Crippen molar-refractivity contribution in [1.82, 2.24) is 0 Å². The Labute approximate surface area is 163 Å². The maximum Gasteiger partial charge on any atom is 0.189 e. The fourth-order valence-corrected chi connectivity index (χ4v) is 3.48. The van der Waals surface area contributed by atoms with Crippen LogP contribution in [-0.4, -0.2) is 20.0 Å². The Morgan fingerprint density at radius 2 is 1.43 bits per heavy atom. The second-order valence-corrected chi connectivity index (χ2v) is 6.50. The molecular formula is C25H20O3. The van der Waals surface area contributed by atoms with Gasteiger partial charge in [-0.05, 0) is 57.5 Å². The number of carbonyl (C=O) groups excluding carboxylic acids is 1. The van der Waals surface area contributed by atoms with Gasteiger partial charge < -0.3 is 9.47 Å². The third-order valence-electron chi connectivity index (χ3n) is 4.89. The van der Waals surface area contributed by atoms with E-state index in [2.05, 4.69) is 30.3 Å². The van der Waals surface area contributed by atoms with Gasteiger partial charge in [0.15, 0.2) is 5.78 Å². The zero-order valence-corrected chi connectivity index (χ0v) is 15.8. The number of hydrogen-bond donors (Lipinski definition) is 0. The molecule has 138 valence electrons. The molecule has 0 saturated carbocycles. The fourth-order valence-electron chi connectivity index (χ4n) is 3.48. The van der Waals surface area contributed by atoms with Crippen LogP contribution < -0.4 is 9.47 Å². The number of rotatable bonds is 5. The van der Waals surface area contributed by atoms with E-state index in [1.807, 2.05) is 30.3 Å². The minimum absolute atomic E-state index is 0.114. The average molecular weight is 368 g/mol. The molecule has 4 aromatic carbocycles. The maximum absolute atomic E-state index is 12.9. The summed E-state index contributed by atoms with van der Waals surface area (Å²) < 4.78 is 10.6. The van der Waals surface area contributed by atoms with Gasteiger partial charge in [0, 0.05) is 6.07 Å². The summed E-state index contributed by atoms with van der Waals surface area (Å²) in [4.78, 5) is 12.9. The predicted octanol–water partition coefficient (Wildman–Crippen LogP) is 5.91. The third kappa shape index (κ3) is 3.23. The second kappa shape index (κ2) is 7.57. The van der Waals surface area contributed by atoms with Gasteiger partial charge in [0.1, 0.15) is 11.5 Å². The molecule has 0 unspecified atom stereocenters. The van der Waals surface area contributed by atoms with Gasteiger partial charge in [0.25, 0.3) is 0 Å². The molecule has 4 aromatic rings. The molecule has 0 amide bonds. The number of fused-ring (bicyclic) bond motifs is 2. The SMILES string of the molecule is COc1ccc(C(=O)/C=C\c2c3ccccc3cc3ccccc23)c(OC)c1. The summed E-state index contributed by atoms with van der Waals surface area (Å²) in [6, 6.07) is 23.8. The Bertz CT molecular complexity index is 1150. The van der Waals surface area contributed by atoms with Gasteiger partial charge >= 0.3 is 0 Å². The van der Waals surface area contributed by atoms with Crippen molar-refractivity contribution in [1.29, 1.82) is 0 Å². The van der Waals surface area contributed by atoms with Crippen LogP contribution in [-0.2, 0) is 0 Å². The normalized spacial score (nSPS) is 11.2. The van der Waals surface area contributed by atoms with Crippen LogP contribution in [0.2, 0.25) is 0 Å². The van der Waals surface area contributed by atoms with E-state index in [1.165, 1.54) is 0 Å². The van der Waals surface area contributed by atoms with Crippen LogP contribution >= 0.6 is 0 Å². The molecular weight excluding hydrogens is 348 g/mol. The highest BCUT2D eigenvalue weighted by Crippen LogP contribution is 2.30. The molecule has 0 N–H and O–H groups in total. The third-order valence-corrected chi connectivity index (χ3v) is 4.89. The van der Waals surface area contributed by atoms with E-state index in [0.29, 0.717) is 17.1 Å². The zero-order chi connectivity index (χ0) is 19.5. The molecule has 0 heterocycles. The highest BCUT2D eigenvalue weighted by Gasteiger charge is 2.12. The Kier molecular flexibility index (Phi) is 4.81. The number of methoxy groups -OCH3 is 2. The van der Waals surface area contributed by atoms with E-state index in [9.17, 15) is 4.79 Å². The zero-order valence-electron chi connectivity index (χ0n) is 15.8. The number of benzene rings is 4. The number of ketones is 1. The van der Waals surface area contributed by atoms with Gasteiger partial charge in [0.05, 0.1) is 19.8 Å². The van der Waals surface area contributed by atoms with E-state index in [4.69, 9.17) is 9.47 Å². The lowest BCUT2D eigenvalue weighted by Gasteiger charge is -2.09. The monoisotopic (exact) mass is 368 g/mol. The second-order valence-electron chi connectivity index (χ2n) is 6.50. The van der Waals surface area contributed by atoms with Crippen molar-refractivity contribution in [3.8, 4) is 11.5 Å².